The molecule has 0 unspecified atom stereocenters. The zero-order valence-electron chi connectivity index (χ0n) is 15.6. The van der Waals surface area contributed by atoms with Crippen LogP contribution in [0.4, 0.5) is 0 Å². The van der Waals surface area contributed by atoms with Gasteiger partial charge in [-0.25, -0.2) is 9.97 Å². The molecule has 1 aliphatic heterocycles. The number of carbonyl (C=O) groups excluding carboxylic acids is 1. The van der Waals surface area contributed by atoms with Gasteiger partial charge in [-0.2, -0.15) is 4.98 Å². The van der Waals surface area contributed by atoms with Crippen LogP contribution in [-0.2, 0) is 0 Å². The summed E-state index contributed by atoms with van der Waals surface area (Å²) in [4.78, 5) is 34.6. The van der Waals surface area contributed by atoms with Crippen LogP contribution < -0.4 is 4.74 Å². The molecule has 10 heteroatoms. The molecule has 1 saturated heterocycles. The van der Waals surface area contributed by atoms with Crippen molar-refractivity contribution in [2.24, 2.45) is 0 Å². The highest BCUT2D eigenvalue weighted by atomic mass is 16.5. The van der Waals surface area contributed by atoms with E-state index >= 15 is 0 Å². The number of likely N-dealkylation sites (tertiary alicyclic amines) is 1. The summed E-state index contributed by atoms with van der Waals surface area (Å²) in [6, 6.07) is 7.39. The number of hydrogen-bond acceptors (Lipinski definition) is 9. The van der Waals surface area contributed by atoms with Gasteiger partial charge in [0, 0.05) is 24.8 Å². The van der Waals surface area contributed by atoms with Gasteiger partial charge in [-0.15, -0.1) is 0 Å². The van der Waals surface area contributed by atoms with E-state index in [1.807, 2.05) is 24.3 Å². The van der Waals surface area contributed by atoms with Crippen molar-refractivity contribution in [1.29, 1.82) is 0 Å². The first kappa shape index (κ1) is 17.9. The number of carbonyl (C=O) groups is 1. The molecule has 0 N–H and O–H groups in total. The molecule has 148 valence electrons. The molecular weight excluding hydrogens is 386 g/mol. The Hall–Kier alpha value is -4.21. The molecule has 3 aromatic heterocycles. The molecule has 4 aromatic rings. The molecule has 0 bridgehead atoms. The summed E-state index contributed by atoms with van der Waals surface area (Å²) in [6.45, 7) is 0.914. The van der Waals surface area contributed by atoms with Crippen molar-refractivity contribution in [2.75, 3.05) is 13.1 Å². The van der Waals surface area contributed by atoms with Crippen molar-refractivity contribution in [2.45, 2.75) is 6.10 Å². The van der Waals surface area contributed by atoms with E-state index < -0.39 is 0 Å². The topological polar surface area (TPSA) is 120 Å². The van der Waals surface area contributed by atoms with Gasteiger partial charge in [0.05, 0.1) is 31.0 Å². The van der Waals surface area contributed by atoms with E-state index in [2.05, 4.69) is 30.1 Å². The molecule has 4 heterocycles. The number of aromatic nitrogens is 6. The van der Waals surface area contributed by atoms with Crippen LogP contribution in [0.2, 0.25) is 0 Å². The Bertz CT molecular complexity index is 1160. The second kappa shape index (κ2) is 7.66. The SMILES string of the molecule is O=C(c1cnccn1)N1CC(Oc2ccccc2-c2nc(-c3cnccn3)no2)C1. The first-order valence-electron chi connectivity index (χ1n) is 9.19. The average Bonchev–Trinajstić information content (AvgIpc) is 3.27. The smallest absolute Gasteiger partial charge is 0.274 e. The second-order valence-electron chi connectivity index (χ2n) is 6.55. The largest absolute Gasteiger partial charge is 0.486 e. The first-order chi connectivity index (χ1) is 14.8. The highest BCUT2D eigenvalue weighted by Gasteiger charge is 2.34. The fourth-order valence-corrected chi connectivity index (χ4v) is 3.03. The number of hydrogen-bond donors (Lipinski definition) is 0. The molecule has 10 nitrogen and oxygen atoms in total. The number of benzene rings is 1. The normalized spacial score (nSPS) is 13.7. The summed E-state index contributed by atoms with van der Waals surface area (Å²) in [6.07, 6.45) is 9.04. The van der Waals surface area contributed by atoms with Gasteiger partial charge >= 0.3 is 0 Å². The van der Waals surface area contributed by atoms with Crippen LogP contribution >= 0.6 is 0 Å². The number of ether oxygens (including phenoxy) is 1. The average molecular weight is 401 g/mol. The number of amides is 1. The minimum atomic E-state index is -0.165. The van der Waals surface area contributed by atoms with Crippen LogP contribution in [0.5, 0.6) is 5.75 Å². The van der Waals surface area contributed by atoms with E-state index in [1.165, 1.54) is 18.6 Å². The summed E-state index contributed by atoms with van der Waals surface area (Å²) in [7, 11) is 0. The summed E-state index contributed by atoms with van der Waals surface area (Å²) >= 11 is 0. The first-order valence-corrected chi connectivity index (χ1v) is 9.19. The Morgan fingerprint density at radius 3 is 2.60 bits per heavy atom. The minimum Gasteiger partial charge on any atom is -0.486 e. The Kier molecular flexibility index (Phi) is 4.56. The molecule has 1 amide bonds. The molecule has 5 rings (SSSR count). The minimum absolute atomic E-state index is 0.144. The van der Waals surface area contributed by atoms with E-state index in [9.17, 15) is 4.79 Å². The predicted octanol–water partition coefficient (Wildman–Crippen LogP) is 1.89. The van der Waals surface area contributed by atoms with Crippen molar-refractivity contribution in [3.63, 3.8) is 0 Å². The van der Waals surface area contributed by atoms with Gasteiger partial charge in [0.25, 0.3) is 11.8 Å². The Morgan fingerprint density at radius 2 is 1.83 bits per heavy atom. The van der Waals surface area contributed by atoms with E-state index in [4.69, 9.17) is 9.26 Å². The molecule has 1 aliphatic rings. The van der Waals surface area contributed by atoms with Crippen LogP contribution in [-0.4, -0.2) is 60.1 Å². The lowest BCUT2D eigenvalue weighted by atomic mass is 10.1. The molecule has 0 atom stereocenters. The fourth-order valence-electron chi connectivity index (χ4n) is 3.03. The van der Waals surface area contributed by atoms with Gasteiger partial charge in [0.15, 0.2) is 0 Å². The molecule has 30 heavy (non-hydrogen) atoms. The lowest BCUT2D eigenvalue weighted by Crippen LogP contribution is -2.56. The highest BCUT2D eigenvalue weighted by Crippen LogP contribution is 2.31. The molecule has 0 radical (unpaired) electrons. The molecule has 1 fully saturated rings. The second-order valence-corrected chi connectivity index (χ2v) is 6.55. The maximum atomic E-state index is 12.4. The maximum Gasteiger partial charge on any atom is 0.274 e. The van der Waals surface area contributed by atoms with Gasteiger partial charge in [0.2, 0.25) is 5.82 Å². The van der Waals surface area contributed by atoms with Gasteiger partial charge in [-0.1, -0.05) is 17.3 Å². The van der Waals surface area contributed by atoms with Gasteiger partial charge in [-0.05, 0) is 12.1 Å². The van der Waals surface area contributed by atoms with Crippen molar-refractivity contribution < 1.29 is 14.1 Å². The molecule has 0 saturated carbocycles. The third kappa shape index (κ3) is 3.46. The lowest BCUT2D eigenvalue weighted by molar-refractivity contribution is 0.0175. The maximum absolute atomic E-state index is 12.4. The monoisotopic (exact) mass is 401 g/mol. The van der Waals surface area contributed by atoms with Crippen LogP contribution in [0.25, 0.3) is 23.0 Å². The predicted molar refractivity (Wildman–Crippen MR) is 103 cm³/mol. The van der Waals surface area contributed by atoms with E-state index in [0.717, 1.165) is 0 Å². The number of nitrogens with zero attached hydrogens (tertiary/aromatic N) is 7. The zero-order chi connectivity index (χ0) is 20.3. The van der Waals surface area contributed by atoms with Crippen molar-refractivity contribution in [3.8, 4) is 28.7 Å². The van der Waals surface area contributed by atoms with E-state index in [1.54, 1.807) is 23.5 Å². The Balaban J connectivity index is 1.29. The fraction of sp³-hybridized carbons (Fsp3) is 0.150. The summed E-state index contributed by atoms with van der Waals surface area (Å²) < 4.78 is 11.5. The summed E-state index contributed by atoms with van der Waals surface area (Å²) in [5.41, 5.74) is 1.50. The van der Waals surface area contributed by atoms with Crippen LogP contribution in [0.1, 0.15) is 10.5 Å². The molecule has 0 spiro atoms. The van der Waals surface area contributed by atoms with Gasteiger partial charge in [-0.3, -0.25) is 14.8 Å². The van der Waals surface area contributed by atoms with Crippen molar-refractivity contribution in [1.82, 2.24) is 35.0 Å². The quantitative estimate of drug-likeness (QED) is 0.493. The third-order valence-electron chi connectivity index (χ3n) is 4.55. The van der Waals surface area contributed by atoms with Crippen molar-refractivity contribution >= 4 is 5.91 Å². The lowest BCUT2D eigenvalue weighted by Gasteiger charge is -2.38. The molecular formula is C20H15N7O3. The summed E-state index contributed by atoms with van der Waals surface area (Å²) in [5.74, 6) is 1.10. The Labute approximate surface area is 170 Å². The van der Waals surface area contributed by atoms with Gasteiger partial charge < -0.3 is 14.2 Å². The molecule has 1 aromatic carbocycles. The highest BCUT2D eigenvalue weighted by molar-refractivity contribution is 5.92. The number of rotatable bonds is 5. The van der Waals surface area contributed by atoms with Gasteiger partial charge in [0.1, 0.15) is 23.2 Å². The van der Waals surface area contributed by atoms with E-state index in [0.29, 0.717) is 47.5 Å². The Morgan fingerprint density at radius 1 is 1.03 bits per heavy atom. The van der Waals surface area contributed by atoms with E-state index in [-0.39, 0.29) is 12.0 Å². The number of para-hydroxylation sites is 1. The zero-order valence-corrected chi connectivity index (χ0v) is 15.6. The van der Waals surface area contributed by atoms with Crippen LogP contribution in [0, 0.1) is 0 Å². The van der Waals surface area contributed by atoms with Crippen LogP contribution in [0.15, 0.2) is 66.0 Å². The molecule has 0 aliphatic carbocycles. The third-order valence-corrected chi connectivity index (χ3v) is 4.55. The summed E-state index contributed by atoms with van der Waals surface area (Å²) in [5, 5.41) is 3.98. The standard InChI is InChI=1S/C20H15N7O3/c28-20(16-10-22-6-8-24-16)27-11-13(12-27)29-17-4-2-1-3-14(17)19-25-18(26-30-19)15-9-21-5-7-23-15/h1-10,13H,11-12H2. The van der Waals surface area contributed by atoms with Crippen molar-refractivity contribution in [3.05, 3.63) is 67.1 Å². The van der Waals surface area contributed by atoms with Crippen LogP contribution in [0.3, 0.4) is 0 Å².